The summed E-state index contributed by atoms with van der Waals surface area (Å²) in [6.07, 6.45) is 7.97. The van der Waals surface area contributed by atoms with Crippen LogP contribution in [0.4, 0.5) is 11.4 Å². The molecule has 0 radical (unpaired) electrons. The minimum absolute atomic E-state index is 1.10. The Kier molecular flexibility index (Phi) is 5.56. The van der Waals surface area contributed by atoms with Crippen molar-refractivity contribution in [3.05, 3.63) is 23.8 Å². The Labute approximate surface area is 118 Å². The highest BCUT2D eigenvalue weighted by molar-refractivity contribution is 5.60. The van der Waals surface area contributed by atoms with Gasteiger partial charge in [0, 0.05) is 31.0 Å². The summed E-state index contributed by atoms with van der Waals surface area (Å²) in [5.41, 5.74) is 4.07. The average molecular weight is 260 g/mol. The summed E-state index contributed by atoms with van der Waals surface area (Å²) in [6.45, 7) is 8.03. The van der Waals surface area contributed by atoms with E-state index in [4.69, 9.17) is 0 Å². The molecule has 1 heterocycles. The summed E-state index contributed by atoms with van der Waals surface area (Å²) in [6, 6.07) is 6.86. The zero-order valence-corrected chi connectivity index (χ0v) is 12.5. The molecule has 1 saturated heterocycles. The van der Waals surface area contributed by atoms with E-state index in [1.807, 2.05) is 0 Å². The number of unbranched alkanes of at least 4 members (excludes halogenated alkanes) is 3. The van der Waals surface area contributed by atoms with Crippen molar-refractivity contribution in [3.8, 4) is 0 Å². The Hall–Kier alpha value is -1.18. The van der Waals surface area contributed by atoms with E-state index in [1.54, 1.807) is 0 Å². The van der Waals surface area contributed by atoms with Gasteiger partial charge in [0.1, 0.15) is 0 Å². The molecule has 0 aliphatic carbocycles. The lowest BCUT2D eigenvalue weighted by Gasteiger charge is -2.19. The number of aryl methyl sites for hydroxylation is 1. The van der Waals surface area contributed by atoms with Crippen molar-refractivity contribution in [2.75, 3.05) is 29.9 Å². The van der Waals surface area contributed by atoms with E-state index in [-0.39, 0.29) is 0 Å². The van der Waals surface area contributed by atoms with Crippen molar-refractivity contribution in [1.29, 1.82) is 0 Å². The smallest absolute Gasteiger partial charge is 0.0371 e. The number of anilines is 2. The van der Waals surface area contributed by atoms with Gasteiger partial charge in [-0.3, -0.25) is 0 Å². The molecule has 0 spiro atoms. The lowest BCUT2D eigenvalue weighted by Crippen LogP contribution is -2.17. The van der Waals surface area contributed by atoms with Crippen LogP contribution in [0, 0.1) is 6.92 Å². The van der Waals surface area contributed by atoms with E-state index in [1.165, 1.54) is 68.6 Å². The fourth-order valence-electron chi connectivity index (χ4n) is 2.79. The first-order valence-corrected chi connectivity index (χ1v) is 7.90. The number of hydrogen-bond acceptors (Lipinski definition) is 2. The second kappa shape index (κ2) is 7.42. The Morgan fingerprint density at radius 3 is 2.58 bits per heavy atom. The van der Waals surface area contributed by atoms with Crippen LogP contribution in [0.3, 0.4) is 0 Å². The van der Waals surface area contributed by atoms with Crippen molar-refractivity contribution in [1.82, 2.24) is 0 Å². The van der Waals surface area contributed by atoms with Crippen LogP contribution in [0.5, 0.6) is 0 Å². The number of rotatable bonds is 7. The van der Waals surface area contributed by atoms with Gasteiger partial charge in [-0.05, 0) is 49.9 Å². The SMILES string of the molecule is CCCCCCNc1ccc(N2CCCC2)cc1C. The number of hydrogen-bond donors (Lipinski definition) is 1. The predicted molar refractivity (Wildman–Crippen MR) is 85.3 cm³/mol. The van der Waals surface area contributed by atoms with Gasteiger partial charge in [0.15, 0.2) is 0 Å². The summed E-state index contributed by atoms with van der Waals surface area (Å²) in [5, 5.41) is 3.57. The average Bonchev–Trinajstić information content (AvgIpc) is 2.94. The van der Waals surface area contributed by atoms with Crippen LogP contribution < -0.4 is 10.2 Å². The Balaban J connectivity index is 1.84. The minimum Gasteiger partial charge on any atom is -0.385 e. The molecule has 1 fully saturated rings. The number of nitrogens with zero attached hydrogens (tertiary/aromatic N) is 1. The van der Waals surface area contributed by atoms with E-state index in [9.17, 15) is 0 Å². The third-order valence-electron chi connectivity index (χ3n) is 4.03. The first-order chi connectivity index (χ1) is 9.31. The molecule has 19 heavy (non-hydrogen) atoms. The van der Waals surface area contributed by atoms with Gasteiger partial charge in [-0.1, -0.05) is 26.2 Å². The predicted octanol–water partition coefficient (Wildman–Crippen LogP) is 4.59. The molecule has 0 unspecified atom stereocenters. The lowest BCUT2D eigenvalue weighted by molar-refractivity contribution is 0.685. The quantitative estimate of drug-likeness (QED) is 0.721. The third-order valence-corrected chi connectivity index (χ3v) is 4.03. The summed E-state index contributed by atoms with van der Waals surface area (Å²) < 4.78 is 0. The molecule has 2 heteroatoms. The molecule has 1 N–H and O–H groups in total. The molecule has 0 amide bonds. The van der Waals surface area contributed by atoms with Crippen LogP contribution in [0.1, 0.15) is 51.0 Å². The summed E-state index contributed by atoms with van der Waals surface area (Å²) in [4.78, 5) is 2.50. The van der Waals surface area contributed by atoms with Crippen LogP contribution in [0.2, 0.25) is 0 Å². The molecule has 106 valence electrons. The minimum atomic E-state index is 1.10. The van der Waals surface area contributed by atoms with Crippen LogP contribution in [-0.2, 0) is 0 Å². The van der Waals surface area contributed by atoms with E-state index < -0.39 is 0 Å². The summed E-state index contributed by atoms with van der Waals surface area (Å²) in [7, 11) is 0. The van der Waals surface area contributed by atoms with Crippen LogP contribution in [0.25, 0.3) is 0 Å². The Morgan fingerprint density at radius 2 is 1.89 bits per heavy atom. The van der Waals surface area contributed by atoms with Gasteiger partial charge in [0.25, 0.3) is 0 Å². The molecule has 1 aromatic carbocycles. The van der Waals surface area contributed by atoms with Crippen LogP contribution >= 0.6 is 0 Å². The topological polar surface area (TPSA) is 15.3 Å². The Morgan fingerprint density at radius 1 is 1.11 bits per heavy atom. The summed E-state index contributed by atoms with van der Waals surface area (Å²) >= 11 is 0. The van der Waals surface area contributed by atoms with E-state index in [0.29, 0.717) is 0 Å². The molecule has 0 aromatic heterocycles. The van der Waals surface area contributed by atoms with E-state index >= 15 is 0 Å². The van der Waals surface area contributed by atoms with Gasteiger partial charge < -0.3 is 10.2 Å². The van der Waals surface area contributed by atoms with E-state index in [2.05, 4.69) is 42.3 Å². The fraction of sp³-hybridized carbons (Fsp3) is 0.647. The zero-order chi connectivity index (χ0) is 13.5. The third kappa shape index (κ3) is 4.15. The van der Waals surface area contributed by atoms with Gasteiger partial charge in [-0.2, -0.15) is 0 Å². The number of nitrogens with one attached hydrogen (secondary N) is 1. The molecule has 0 bridgehead atoms. The molecule has 1 aliphatic heterocycles. The second-order valence-corrected chi connectivity index (χ2v) is 5.68. The first kappa shape index (κ1) is 14.2. The maximum atomic E-state index is 3.57. The normalized spacial score (nSPS) is 14.9. The highest BCUT2D eigenvalue weighted by Crippen LogP contribution is 2.25. The van der Waals surface area contributed by atoms with E-state index in [0.717, 1.165) is 6.54 Å². The lowest BCUT2D eigenvalue weighted by atomic mass is 10.1. The molecule has 0 atom stereocenters. The highest BCUT2D eigenvalue weighted by atomic mass is 15.1. The van der Waals surface area contributed by atoms with Crippen molar-refractivity contribution in [3.63, 3.8) is 0 Å². The maximum Gasteiger partial charge on any atom is 0.0371 e. The number of benzene rings is 1. The monoisotopic (exact) mass is 260 g/mol. The van der Waals surface area contributed by atoms with Gasteiger partial charge in [0.2, 0.25) is 0 Å². The highest BCUT2D eigenvalue weighted by Gasteiger charge is 2.12. The largest absolute Gasteiger partial charge is 0.385 e. The van der Waals surface area contributed by atoms with Crippen molar-refractivity contribution < 1.29 is 0 Å². The molecule has 1 aromatic rings. The first-order valence-electron chi connectivity index (χ1n) is 7.90. The molecule has 1 aliphatic rings. The zero-order valence-electron chi connectivity index (χ0n) is 12.5. The molecule has 2 nitrogen and oxygen atoms in total. The van der Waals surface area contributed by atoms with Crippen LogP contribution in [0.15, 0.2) is 18.2 Å². The molecule has 2 rings (SSSR count). The van der Waals surface area contributed by atoms with Crippen molar-refractivity contribution in [2.24, 2.45) is 0 Å². The fourth-order valence-corrected chi connectivity index (χ4v) is 2.79. The maximum absolute atomic E-state index is 3.57. The molecule has 0 saturated carbocycles. The second-order valence-electron chi connectivity index (χ2n) is 5.68. The van der Waals surface area contributed by atoms with Gasteiger partial charge in [0.05, 0.1) is 0 Å². The van der Waals surface area contributed by atoms with Crippen LogP contribution in [-0.4, -0.2) is 19.6 Å². The van der Waals surface area contributed by atoms with Gasteiger partial charge >= 0.3 is 0 Å². The summed E-state index contributed by atoms with van der Waals surface area (Å²) in [5.74, 6) is 0. The van der Waals surface area contributed by atoms with Crippen molar-refractivity contribution >= 4 is 11.4 Å². The van der Waals surface area contributed by atoms with Crippen molar-refractivity contribution in [2.45, 2.75) is 52.4 Å². The molecular formula is C17H28N2. The molecular weight excluding hydrogens is 232 g/mol. The van der Waals surface area contributed by atoms with Gasteiger partial charge in [-0.25, -0.2) is 0 Å². The van der Waals surface area contributed by atoms with Gasteiger partial charge in [-0.15, -0.1) is 0 Å². The standard InChI is InChI=1S/C17H28N2/c1-3-4-5-6-11-18-17-10-9-16(14-15(17)2)19-12-7-8-13-19/h9-10,14,18H,3-8,11-13H2,1-2H3. The Bertz CT molecular complexity index is 381.